The zero-order valence-corrected chi connectivity index (χ0v) is 21.4. The SMILES string of the molecule is CC1CC2C=CC=CC2[CH]1[Zr+2]([CH]1C(C)CC2C=CC=CC21)=[Si](C)C.[Cl-].[Cl-]. The monoisotopic (exact) mass is 484 g/mol. The van der Waals surface area contributed by atoms with Gasteiger partial charge in [-0.05, 0) is 0 Å². The summed E-state index contributed by atoms with van der Waals surface area (Å²) in [6.07, 6.45) is 22.5. The minimum absolute atomic E-state index is 0. The summed E-state index contributed by atoms with van der Waals surface area (Å²) in [7, 11) is 0. The zero-order valence-electron chi connectivity index (χ0n) is 16.4. The Kier molecular flexibility index (Phi) is 8.31. The molecule has 0 aromatic heterocycles. The van der Waals surface area contributed by atoms with E-state index in [0.29, 0.717) is 0 Å². The van der Waals surface area contributed by atoms with Gasteiger partial charge in [0.25, 0.3) is 0 Å². The molecule has 0 saturated heterocycles. The molecule has 0 bridgehead atoms. The van der Waals surface area contributed by atoms with Crippen LogP contribution in [0.25, 0.3) is 0 Å². The van der Waals surface area contributed by atoms with Gasteiger partial charge in [-0.15, -0.1) is 0 Å². The third kappa shape index (κ3) is 4.00. The molecule has 2 saturated carbocycles. The molecule has 0 spiro atoms. The van der Waals surface area contributed by atoms with Gasteiger partial charge in [0.15, 0.2) is 0 Å². The second kappa shape index (κ2) is 9.43. The molecule has 4 heteroatoms. The van der Waals surface area contributed by atoms with Crippen LogP contribution >= 0.6 is 0 Å². The number of hydrogen-bond acceptors (Lipinski definition) is 0. The Morgan fingerprint density at radius 2 is 1.08 bits per heavy atom. The van der Waals surface area contributed by atoms with Gasteiger partial charge in [0.1, 0.15) is 0 Å². The van der Waals surface area contributed by atoms with Crippen LogP contribution in [0.15, 0.2) is 48.6 Å². The van der Waals surface area contributed by atoms with E-state index in [1.807, 2.05) is 0 Å². The van der Waals surface area contributed by atoms with Crippen molar-refractivity contribution in [3.63, 3.8) is 0 Å². The largest absolute Gasteiger partial charge is 1.00 e. The molecular formula is C22H32Cl2SiZr. The number of allylic oxidation sites excluding steroid dienone is 8. The zero-order chi connectivity index (χ0) is 16.8. The summed E-state index contributed by atoms with van der Waals surface area (Å²) in [5.74, 6) is 5.46. The van der Waals surface area contributed by atoms with E-state index in [2.05, 4.69) is 75.5 Å². The number of rotatable bonds is 2. The van der Waals surface area contributed by atoms with Crippen LogP contribution in [-0.2, 0) is 20.4 Å². The average molecular weight is 487 g/mol. The topological polar surface area (TPSA) is 0 Å². The fourth-order valence-electron chi connectivity index (χ4n) is 6.41. The first-order valence-corrected chi connectivity index (χ1v) is 19.0. The Morgan fingerprint density at radius 3 is 1.46 bits per heavy atom. The smallest absolute Gasteiger partial charge is 1.00 e. The third-order valence-corrected chi connectivity index (χ3v) is 29.1. The molecule has 0 aromatic rings. The Balaban J connectivity index is 0.00000121. The number of hydrogen-bond donors (Lipinski definition) is 0. The van der Waals surface area contributed by atoms with Crippen LogP contribution in [0.4, 0.5) is 0 Å². The van der Waals surface area contributed by atoms with E-state index in [9.17, 15) is 0 Å². The van der Waals surface area contributed by atoms with Gasteiger partial charge in [-0.25, -0.2) is 0 Å². The van der Waals surface area contributed by atoms with Crippen molar-refractivity contribution in [2.75, 3.05) is 0 Å². The molecule has 4 rings (SSSR count). The summed E-state index contributed by atoms with van der Waals surface area (Å²) < 4.78 is 2.21. The average Bonchev–Trinajstić information content (AvgIpc) is 3.05. The van der Waals surface area contributed by atoms with Gasteiger partial charge in [-0.2, -0.15) is 0 Å². The molecule has 2 fully saturated rings. The predicted molar refractivity (Wildman–Crippen MR) is 103 cm³/mol. The summed E-state index contributed by atoms with van der Waals surface area (Å²) in [5, 5.41) is 0. The van der Waals surface area contributed by atoms with E-state index in [1.54, 1.807) is 0 Å². The van der Waals surface area contributed by atoms with Gasteiger partial charge < -0.3 is 24.8 Å². The van der Waals surface area contributed by atoms with Gasteiger partial charge in [0.05, 0.1) is 0 Å². The van der Waals surface area contributed by atoms with Crippen LogP contribution in [-0.4, -0.2) is 5.43 Å². The first-order chi connectivity index (χ1) is 11.6. The van der Waals surface area contributed by atoms with Crippen LogP contribution < -0.4 is 24.8 Å². The Bertz CT molecular complexity index is 609. The van der Waals surface area contributed by atoms with Crippen molar-refractivity contribution in [1.82, 2.24) is 0 Å². The minimum atomic E-state index is -1.51. The summed E-state index contributed by atoms with van der Waals surface area (Å²) in [4.78, 5) is 0. The van der Waals surface area contributed by atoms with Gasteiger partial charge in [-0.3, -0.25) is 0 Å². The summed E-state index contributed by atoms with van der Waals surface area (Å²) in [5.41, 5.74) is -0.122. The first-order valence-electron chi connectivity index (χ1n) is 9.95. The molecule has 8 atom stereocenters. The molecule has 4 aliphatic rings. The maximum absolute atomic E-state index is 2.68. The van der Waals surface area contributed by atoms with Crippen molar-refractivity contribution in [2.24, 2.45) is 35.5 Å². The Morgan fingerprint density at radius 1 is 0.692 bits per heavy atom. The van der Waals surface area contributed by atoms with Gasteiger partial charge >= 0.3 is 157 Å². The summed E-state index contributed by atoms with van der Waals surface area (Å²) >= 11 is -1.51. The molecule has 4 aliphatic carbocycles. The molecule has 0 aliphatic heterocycles. The van der Waals surface area contributed by atoms with Crippen LogP contribution in [0.5, 0.6) is 0 Å². The van der Waals surface area contributed by atoms with Gasteiger partial charge in [-0.1, -0.05) is 0 Å². The molecule has 0 nitrogen and oxygen atoms in total. The minimum Gasteiger partial charge on any atom is -1.00 e. The third-order valence-electron chi connectivity index (χ3n) is 7.23. The molecule has 8 unspecified atom stereocenters. The van der Waals surface area contributed by atoms with Crippen molar-refractivity contribution in [3.05, 3.63) is 48.6 Å². The molecule has 142 valence electrons. The fraction of sp³-hybridized carbons (Fsp3) is 0.636. The predicted octanol–water partition coefficient (Wildman–Crippen LogP) is 0.237. The quantitative estimate of drug-likeness (QED) is 0.491. The molecule has 0 heterocycles. The first kappa shape index (κ1) is 22.9. The van der Waals surface area contributed by atoms with Crippen molar-refractivity contribution in [2.45, 2.75) is 47.0 Å². The van der Waals surface area contributed by atoms with Crippen molar-refractivity contribution >= 4 is 5.43 Å². The van der Waals surface area contributed by atoms with Crippen LogP contribution in [0.3, 0.4) is 0 Å². The molecule has 0 radical (unpaired) electrons. The maximum Gasteiger partial charge on any atom is -1.00 e. The molecule has 0 amide bonds. The molecule has 26 heavy (non-hydrogen) atoms. The van der Waals surface area contributed by atoms with E-state index < -0.39 is 20.4 Å². The second-order valence-electron chi connectivity index (χ2n) is 8.95. The van der Waals surface area contributed by atoms with E-state index >= 15 is 0 Å². The fourth-order valence-corrected chi connectivity index (χ4v) is 31.8. The van der Waals surface area contributed by atoms with E-state index in [0.717, 1.165) is 42.8 Å². The van der Waals surface area contributed by atoms with Gasteiger partial charge in [0.2, 0.25) is 0 Å². The Labute approximate surface area is 180 Å². The van der Waals surface area contributed by atoms with Crippen LogP contribution in [0.1, 0.15) is 26.7 Å². The summed E-state index contributed by atoms with van der Waals surface area (Å²) in [6.45, 7) is 10.6. The van der Waals surface area contributed by atoms with Crippen molar-refractivity contribution in [1.29, 1.82) is 0 Å². The summed E-state index contributed by atoms with van der Waals surface area (Å²) in [6, 6.07) is 0. The molecule has 0 N–H and O–H groups in total. The number of fused-ring (bicyclic) bond motifs is 2. The van der Waals surface area contributed by atoms with Crippen molar-refractivity contribution in [3.8, 4) is 0 Å². The normalized spacial score (nSPS) is 41.5. The van der Waals surface area contributed by atoms with Crippen LogP contribution in [0.2, 0.25) is 20.3 Å². The standard InChI is InChI=1S/2C10H13.C2H6Si.2ClH.Zr/c2*1-8-6-9-4-2-3-5-10(9)7-8;1-3-2;;;/h2*2-6,8-10H,7H2,1H3;1-2H3;2*1H;/q;;;;;+2/p-2. The van der Waals surface area contributed by atoms with E-state index in [4.69, 9.17) is 0 Å². The second-order valence-corrected chi connectivity index (χ2v) is 27.3. The van der Waals surface area contributed by atoms with Crippen molar-refractivity contribution < 1.29 is 45.2 Å². The van der Waals surface area contributed by atoms with E-state index in [-0.39, 0.29) is 30.2 Å². The maximum atomic E-state index is 2.68. The number of halogens is 2. The van der Waals surface area contributed by atoms with Crippen LogP contribution in [0, 0.1) is 35.5 Å². The molecule has 0 aromatic carbocycles. The van der Waals surface area contributed by atoms with E-state index in [1.165, 1.54) is 12.8 Å². The van der Waals surface area contributed by atoms with Gasteiger partial charge in [0, 0.05) is 0 Å². The Hall–Kier alpha value is 0.640. The molecular weight excluding hydrogens is 454 g/mol.